The minimum absolute atomic E-state index is 0.0303. The van der Waals surface area contributed by atoms with Crippen LogP contribution >= 0.6 is 0 Å². The van der Waals surface area contributed by atoms with Gasteiger partial charge in [0.05, 0.1) is 22.0 Å². The van der Waals surface area contributed by atoms with Crippen molar-refractivity contribution < 1.29 is 14.4 Å². The van der Waals surface area contributed by atoms with Crippen LogP contribution in [0.5, 0.6) is 0 Å². The Labute approximate surface area is 215 Å². The molecule has 3 aliphatic heterocycles. The molecule has 10 heteroatoms. The quantitative estimate of drug-likeness (QED) is 0.500. The van der Waals surface area contributed by atoms with Crippen molar-refractivity contribution in [1.29, 1.82) is 0 Å². The number of nitrogens with two attached hydrogens (primary N) is 1. The molecule has 194 valence electrons. The predicted molar refractivity (Wildman–Crippen MR) is 141 cm³/mol. The van der Waals surface area contributed by atoms with Crippen LogP contribution in [0.2, 0.25) is 0 Å². The zero-order valence-corrected chi connectivity index (χ0v) is 21.1. The first-order valence-corrected chi connectivity index (χ1v) is 13.1. The number of nitrogens with zero attached hydrogens (tertiary/aromatic N) is 4. The van der Waals surface area contributed by atoms with Crippen LogP contribution in [-0.4, -0.2) is 78.6 Å². The number of nitrogens with one attached hydrogen (secondary N) is 2. The third kappa shape index (κ3) is 3.81. The van der Waals surface area contributed by atoms with Crippen LogP contribution in [-0.2, 0) is 4.79 Å². The van der Waals surface area contributed by atoms with Crippen LogP contribution in [0, 0.1) is 5.41 Å². The molecule has 4 N–H and O–H groups in total. The Kier molecular flexibility index (Phi) is 5.78. The number of primary amides is 1. The molecule has 3 fully saturated rings. The average molecular weight is 504 g/mol. The lowest BCUT2D eigenvalue weighted by Gasteiger charge is -2.41. The number of likely N-dealkylation sites (tertiary alicyclic amines) is 1. The molecule has 3 saturated heterocycles. The van der Waals surface area contributed by atoms with Crippen LogP contribution in [0.15, 0.2) is 30.6 Å². The van der Waals surface area contributed by atoms with E-state index < -0.39 is 11.3 Å². The standard InChI is InChI=1S/C27H33N7O3/c1-29-26(37)32-9-4-17(5-10-32)18-2-3-22-19(12-18)20-13-31-14-21(25(28)36)24(20)34(22)33-11-6-23(35)27(16-33)7-8-30-15-27/h2-3,12-14,17,30H,4-11,15-16H2,1H3,(H2,28,36)(H,29,37). The van der Waals surface area contributed by atoms with Crippen molar-refractivity contribution in [2.75, 3.05) is 51.3 Å². The second-order valence-corrected chi connectivity index (χ2v) is 10.6. The second-order valence-electron chi connectivity index (χ2n) is 10.6. The Hall–Kier alpha value is -3.66. The molecule has 1 unspecified atom stereocenters. The first-order chi connectivity index (χ1) is 17.9. The molecule has 0 radical (unpaired) electrons. The summed E-state index contributed by atoms with van der Waals surface area (Å²) in [6, 6.07) is 6.47. The number of rotatable bonds is 3. The number of benzene rings is 1. The third-order valence-electron chi connectivity index (χ3n) is 8.60. The molecule has 1 atom stereocenters. The van der Waals surface area contributed by atoms with Crippen molar-refractivity contribution in [3.63, 3.8) is 0 Å². The van der Waals surface area contributed by atoms with E-state index >= 15 is 0 Å². The van der Waals surface area contributed by atoms with Crippen molar-refractivity contribution in [3.05, 3.63) is 41.7 Å². The molecule has 0 bridgehead atoms. The summed E-state index contributed by atoms with van der Waals surface area (Å²) in [5.41, 5.74) is 8.75. The van der Waals surface area contributed by atoms with Gasteiger partial charge < -0.3 is 26.3 Å². The number of Topliss-reactive ketones (excluding diaryl/α,β-unsaturated/α-hetero) is 1. The molecule has 2 aromatic heterocycles. The number of piperidine rings is 2. The van der Waals surface area contributed by atoms with E-state index in [9.17, 15) is 14.4 Å². The summed E-state index contributed by atoms with van der Waals surface area (Å²) < 4.78 is 2.11. The molecule has 5 heterocycles. The van der Waals surface area contributed by atoms with Crippen LogP contribution in [0.25, 0.3) is 21.8 Å². The predicted octanol–water partition coefficient (Wildman–Crippen LogP) is 1.70. The molecule has 3 aromatic rings. The SMILES string of the molecule is CNC(=O)N1CCC(c2ccc3c(c2)c2cncc(C(N)=O)c2n3N2CCC(=O)C3(CCNC3)C2)CC1. The molecule has 3 aliphatic rings. The molecular formula is C27H33N7O3. The van der Waals surface area contributed by atoms with E-state index in [-0.39, 0.29) is 6.03 Å². The Morgan fingerprint density at radius 1 is 1.16 bits per heavy atom. The fourth-order valence-electron chi connectivity index (χ4n) is 6.56. The average Bonchev–Trinajstić information content (AvgIpc) is 3.52. The van der Waals surface area contributed by atoms with E-state index in [0.29, 0.717) is 43.3 Å². The van der Waals surface area contributed by atoms with E-state index in [1.54, 1.807) is 13.2 Å². The van der Waals surface area contributed by atoms with Crippen molar-refractivity contribution in [2.24, 2.45) is 11.1 Å². The van der Waals surface area contributed by atoms with Crippen LogP contribution in [0.4, 0.5) is 4.79 Å². The number of aromatic nitrogens is 2. The Balaban J connectivity index is 1.44. The smallest absolute Gasteiger partial charge is 0.317 e. The maximum absolute atomic E-state index is 13.0. The maximum Gasteiger partial charge on any atom is 0.317 e. The lowest BCUT2D eigenvalue weighted by molar-refractivity contribution is -0.128. The number of fused-ring (bicyclic) bond motifs is 3. The Bertz CT molecular complexity index is 1400. The van der Waals surface area contributed by atoms with Gasteiger partial charge in [0.1, 0.15) is 5.78 Å². The van der Waals surface area contributed by atoms with Crippen LogP contribution in [0.1, 0.15) is 47.5 Å². The van der Waals surface area contributed by atoms with Gasteiger partial charge in [-0.05, 0) is 49.4 Å². The van der Waals surface area contributed by atoms with E-state index in [1.807, 2.05) is 4.90 Å². The fourth-order valence-corrected chi connectivity index (χ4v) is 6.56. The molecule has 37 heavy (non-hydrogen) atoms. The summed E-state index contributed by atoms with van der Waals surface area (Å²) in [4.78, 5) is 43.7. The number of hydrogen-bond acceptors (Lipinski definition) is 6. The normalized spacial score (nSPS) is 22.9. The summed E-state index contributed by atoms with van der Waals surface area (Å²) in [5.74, 6) is 0.141. The molecule has 1 spiro atoms. The molecule has 1 aromatic carbocycles. The van der Waals surface area contributed by atoms with Gasteiger partial charge in [-0.1, -0.05) is 6.07 Å². The number of hydrogen-bond donors (Lipinski definition) is 3. The summed E-state index contributed by atoms with van der Waals surface area (Å²) in [5, 5.41) is 10.2. The number of urea groups is 1. The number of pyridine rings is 1. The van der Waals surface area contributed by atoms with Gasteiger partial charge in [0, 0.05) is 69.4 Å². The van der Waals surface area contributed by atoms with Gasteiger partial charge >= 0.3 is 6.03 Å². The van der Waals surface area contributed by atoms with Crippen LogP contribution < -0.4 is 21.4 Å². The monoisotopic (exact) mass is 503 g/mol. The molecular weight excluding hydrogens is 470 g/mol. The van der Waals surface area contributed by atoms with Gasteiger partial charge in [0.2, 0.25) is 0 Å². The summed E-state index contributed by atoms with van der Waals surface area (Å²) in [6.07, 6.45) is 6.43. The number of amides is 3. The highest BCUT2D eigenvalue weighted by Gasteiger charge is 2.45. The van der Waals surface area contributed by atoms with Crippen LogP contribution in [0.3, 0.4) is 0 Å². The molecule has 10 nitrogen and oxygen atoms in total. The number of ketones is 1. The first kappa shape index (κ1) is 23.7. The maximum atomic E-state index is 13.0. The van der Waals surface area contributed by atoms with Gasteiger partial charge in [-0.15, -0.1) is 0 Å². The lowest BCUT2D eigenvalue weighted by Crippen LogP contribution is -2.54. The second kappa shape index (κ2) is 9.02. The third-order valence-corrected chi connectivity index (χ3v) is 8.60. The number of carbonyl (C=O) groups excluding carboxylic acids is 3. The molecule has 3 amide bonds. The lowest BCUT2D eigenvalue weighted by atomic mass is 9.78. The highest BCUT2D eigenvalue weighted by molar-refractivity contribution is 6.15. The zero-order chi connectivity index (χ0) is 25.7. The van der Waals surface area contributed by atoms with Crippen molar-refractivity contribution in [1.82, 2.24) is 25.2 Å². The first-order valence-electron chi connectivity index (χ1n) is 13.1. The van der Waals surface area contributed by atoms with Crippen molar-refractivity contribution >= 4 is 39.5 Å². The van der Waals surface area contributed by atoms with Gasteiger partial charge in [-0.2, -0.15) is 0 Å². The van der Waals surface area contributed by atoms with Crippen molar-refractivity contribution in [2.45, 2.75) is 31.6 Å². The largest absolute Gasteiger partial charge is 0.365 e. The molecule has 0 aliphatic carbocycles. The summed E-state index contributed by atoms with van der Waals surface area (Å²) >= 11 is 0. The summed E-state index contributed by atoms with van der Waals surface area (Å²) in [7, 11) is 1.66. The van der Waals surface area contributed by atoms with E-state index in [1.165, 1.54) is 11.8 Å². The van der Waals surface area contributed by atoms with Gasteiger partial charge in [-0.25, -0.2) is 4.79 Å². The van der Waals surface area contributed by atoms with Gasteiger partial charge in [0.25, 0.3) is 5.91 Å². The Morgan fingerprint density at radius 3 is 2.68 bits per heavy atom. The fraction of sp³-hybridized carbons (Fsp3) is 0.481. The summed E-state index contributed by atoms with van der Waals surface area (Å²) in [6.45, 7) is 4.14. The van der Waals surface area contributed by atoms with E-state index in [4.69, 9.17) is 5.73 Å². The Morgan fingerprint density at radius 2 is 1.97 bits per heavy atom. The highest BCUT2D eigenvalue weighted by atomic mass is 16.2. The zero-order valence-electron chi connectivity index (χ0n) is 21.1. The van der Waals surface area contributed by atoms with Gasteiger partial charge in [0.15, 0.2) is 0 Å². The molecule has 0 saturated carbocycles. The van der Waals surface area contributed by atoms with E-state index in [0.717, 1.165) is 60.7 Å². The van der Waals surface area contributed by atoms with Crippen molar-refractivity contribution in [3.8, 4) is 0 Å². The van der Waals surface area contributed by atoms with E-state index in [2.05, 4.69) is 43.5 Å². The topological polar surface area (TPSA) is 126 Å². The highest BCUT2D eigenvalue weighted by Crippen LogP contribution is 2.38. The minimum atomic E-state index is -0.519. The minimum Gasteiger partial charge on any atom is -0.365 e. The number of carbonyl (C=O) groups is 3. The van der Waals surface area contributed by atoms with Gasteiger partial charge in [-0.3, -0.25) is 19.2 Å². The molecule has 6 rings (SSSR count).